The third-order valence-corrected chi connectivity index (χ3v) is 3.30. The minimum Gasteiger partial charge on any atom is -0.467 e. The Hall–Kier alpha value is -1.65. The van der Waals surface area contributed by atoms with E-state index in [2.05, 4.69) is 9.97 Å². The first-order chi connectivity index (χ1) is 8.63. The minimum atomic E-state index is -0.224. The zero-order valence-corrected chi connectivity index (χ0v) is 11.1. The predicted molar refractivity (Wildman–Crippen MR) is 68.5 cm³/mol. The van der Waals surface area contributed by atoms with Crippen molar-refractivity contribution in [1.82, 2.24) is 9.97 Å². The quantitative estimate of drug-likeness (QED) is 0.746. The van der Waals surface area contributed by atoms with E-state index < -0.39 is 0 Å². The molecule has 0 aliphatic carbocycles. The van der Waals surface area contributed by atoms with E-state index in [-0.39, 0.29) is 12.0 Å². The second kappa shape index (κ2) is 5.33. The molecule has 0 saturated carbocycles. The van der Waals surface area contributed by atoms with E-state index in [0.29, 0.717) is 0 Å². The van der Waals surface area contributed by atoms with Gasteiger partial charge < -0.3 is 9.64 Å². The molecular formula is C13H19N3O2. The van der Waals surface area contributed by atoms with Crippen molar-refractivity contribution in [3.63, 3.8) is 0 Å². The lowest BCUT2D eigenvalue weighted by molar-refractivity contribution is -0.142. The van der Waals surface area contributed by atoms with Crippen molar-refractivity contribution in [2.24, 2.45) is 0 Å². The molecule has 1 aromatic heterocycles. The van der Waals surface area contributed by atoms with Crippen molar-refractivity contribution >= 4 is 11.8 Å². The molecule has 2 heterocycles. The van der Waals surface area contributed by atoms with E-state index in [0.717, 1.165) is 43.0 Å². The van der Waals surface area contributed by atoms with Gasteiger partial charge in [0.1, 0.15) is 6.04 Å². The van der Waals surface area contributed by atoms with Crippen LogP contribution >= 0.6 is 0 Å². The maximum atomic E-state index is 11.8. The molecule has 0 N–H and O–H groups in total. The van der Waals surface area contributed by atoms with Gasteiger partial charge in [-0.1, -0.05) is 0 Å². The highest BCUT2D eigenvalue weighted by molar-refractivity contribution is 5.80. The third-order valence-electron chi connectivity index (χ3n) is 3.30. The van der Waals surface area contributed by atoms with E-state index in [9.17, 15) is 4.79 Å². The van der Waals surface area contributed by atoms with Gasteiger partial charge in [-0.25, -0.2) is 9.78 Å². The van der Waals surface area contributed by atoms with Gasteiger partial charge in [0.15, 0.2) is 5.82 Å². The standard InChI is InChI=1S/C13H19N3O2/c1-9-8-14-10(2)12(15-9)16-7-5-4-6-11(16)13(17)18-3/h8,11H,4-7H2,1-3H3. The number of rotatable bonds is 2. The number of aromatic nitrogens is 2. The highest BCUT2D eigenvalue weighted by Crippen LogP contribution is 2.25. The van der Waals surface area contributed by atoms with Crippen molar-refractivity contribution in [1.29, 1.82) is 0 Å². The van der Waals surface area contributed by atoms with Crippen LogP contribution in [0.4, 0.5) is 5.82 Å². The molecule has 0 bridgehead atoms. The number of hydrogen-bond donors (Lipinski definition) is 0. The fraction of sp³-hybridized carbons (Fsp3) is 0.615. The number of anilines is 1. The number of carbonyl (C=O) groups excluding carboxylic acids is 1. The third kappa shape index (κ3) is 2.44. The predicted octanol–water partition coefficient (Wildman–Crippen LogP) is 1.63. The molecule has 1 atom stereocenters. The lowest BCUT2D eigenvalue weighted by atomic mass is 10.0. The number of hydrogen-bond acceptors (Lipinski definition) is 5. The molecule has 1 aliphatic heterocycles. The molecule has 5 nitrogen and oxygen atoms in total. The number of carbonyl (C=O) groups is 1. The molecular weight excluding hydrogens is 230 g/mol. The van der Waals surface area contributed by atoms with Crippen LogP contribution in [0.2, 0.25) is 0 Å². The Morgan fingerprint density at radius 1 is 1.44 bits per heavy atom. The molecule has 0 radical (unpaired) electrons. The average molecular weight is 249 g/mol. The first-order valence-corrected chi connectivity index (χ1v) is 6.28. The van der Waals surface area contributed by atoms with Gasteiger partial charge in [-0.15, -0.1) is 0 Å². The fourth-order valence-electron chi connectivity index (χ4n) is 2.36. The smallest absolute Gasteiger partial charge is 0.328 e. The lowest BCUT2D eigenvalue weighted by Crippen LogP contribution is -2.46. The first kappa shape index (κ1) is 12.8. The van der Waals surface area contributed by atoms with Gasteiger partial charge in [-0.05, 0) is 33.1 Å². The molecule has 1 aromatic rings. The monoisotopic (exact) mass is 249 g/mol. The van der Waals surface area contributed by atoms with Crippen LogP contribution in [0.5, 0.6) is 0 Å². The topological polar surface area (TPSA) is 55.3 Å². The van der Waals surface area contributed by atoms with Crippen LogP contribution in [0.1, 0.15) is 30.7 Å². The summed E-state index contributed by atoms with van der Waals surface area (Å²) in [5, 5.41) is 0. The average Bonchev–Trinajstić information content (AvgIpc) is 2.40. The highest BCUT2D eigenvalue weighted by atomic mass is 16.5. The molecule has 5 heteroatoms. The van der Waals surface area contributed by atoms with Gasteiger partial charge in [0.2, 0.25) is 0 Å². The molecule has 0 amide bonds. The summed E-state index contributed by atoms with van der Waals surface area (Å²) in [6.07, 6.45) is 4.69. The molecule has 1 saturated heterocycles. The molecule has 1 aliphatic rings. The van der Waals surface area contributed by atoms with E-state index in [1.807, 2.05) is 18.7 Å². The molecule has 2 rings (SSSR count). The Labute approximate surface area is 107 Å². The van der Waals surface area contributed by atoms with Crippen LogP contribution in [0, 0.1) is 13.8 Å². The van der Waals surface area contributed by atoms with Crippen molar-refractivity contribution in [2.45, 2.75) is 39.2 Å². The number of ether oxygens (including phenoxy) is 1. The maximum Gasteiger partial charge on any atom is 0.328 e. The summed E-state index contributed by atoms with van der Waals surface area (Å²) >= 11 is 0. The summed E-state index contributed by atoms with van der Waals surface area (Å²) in [5.74, 6) is 0.627. The van der Waals surface area contributed by atoms with Crippen molar-refractivity contribution in [3.8, 4) is 0 Å². The van der Waals surface area contributed by atoms with Crippen LogP contribution in [0.25, 0.3) is 0 Å². The SMILES string of the molecule is COC(=O)C1CCCCN1c1nc(C)cnc1C. The zero-order chi connectivity index (χ0) is 13.1. The van der Waals surface area contributed by atoms with E-state index >= 15 is 0 Å². The number of methoxy groups -OCH3 is 1. The zero-order valence-electron chi connectivity index (χ0n) is 11.1. The van der Waals surface area contributed by atoms with Crippen LogP contribution < -0.4 is 4.90 Å². The lowest BCUT2D eigenvalue weighted by Gasteiger charge is -2.35. The van der Waals surface area contributed by atoms with Gasteiger partial charge in [0.25, 0.3) is 0 Å². The molecule has 0 spiro atoms. The number of piperidine rings is 1. The van der Waals surface area contributed by atoms with Crippen LogP contribution in [0.3, 0.4) is 0 Å². The van der Waals surface area contributed by atoms with Crippen LogP contribution in [0.15, 0.2) is 6.20 Å². The Bertz CT molecular complexity index is 448. The molecule has 0 aromatic carbocycles. The molecule has 18 heavy (non-hydrogen) atoms. The summed E-state index contributed by atoms with van der Waals surface area (Å²) in [6, 6.07) is -0.224. The Kier molecular flexibility index (Phi) is 3.79. The van der Waals surface area contributed by atoms with Crippen molar-refractivity contribution in [2.75, 3.05) is 18.6 Å². The Morgan fingerprint density at radius 2 is 2.22 bits per heavy atom. The van der Waals surface area contributed by atoms with Gasteiger partial charge in [0, 0.05) is 12.7 Å². The normalized spacial score (nSPS) is 19.7. The second-order valence-corrected chi connectivity index (χ2v) is 4.65. The van der Waals surface area contributed by atoms with E-state index in [4.69, 9.17) is 4.74 Å². The largest absolute Gasteiger partial charge is 0.467 e. The van der Waals surface area contributed by atoms with Crippen LogP contribution in [-0.2, 0) is 9.53 Å². The van der Waals surface area contributed by atoms with Crippen LogP contribution in [-0.4, -0.2) is 35.6 Å². The summed E-state index contributed by atoms with van der Waals surface area (Å²) in [5.41, 5.74) is 1.72. The number of aryl methyl sites for hydroxylation is 2. The molecule has 1 fully saturated rings. The second-order valence-electron chi connectivity index (χ2n) is 4.65. The Balaban J connectivity index is 2.33. The van der Waals surface area contributed by atoms with Crippen molar-refractivity contribution in [3.05, 3.63) is 17.6 Å². The minimum absolute atomic E-state index is 0.183. The van der Waals surface area contributed by atoms with Gasteiger partial charge in [0.05, 0.1) is 18.5 Å². The fourth-order valence-corrected chi connectivity index (χ4v) is 2.36. The van der Waals surface area contributed by atoms with Gasteiger partial charge in [-0.3, -0.25) is 4.98 Å². The van der Waals surface area contributed by atoms with E-state index in [1.165, 1.54) is 7.11 Å². The first-order valence-electron chi connectivity index (χ1n) is 6.28. The molecule has 1 unspecified atom stereocenters. The van der Waals surface area contributed by atoms with Gasteiger partial charge in [-0.2, -0.15) is 0 Å². The summed E-state index contributed by atoms with van der Waals surface area (Å²) in [6.45, 7) is 4.66. The van der Waals surface area contributed by atoms with Crippen molar-refractivity contribution < 1.29 is 9.53 Å². The van der Waals surface area contributed by atoms with E-state index in [1.54, 1.807) is 6.20 Å². The maximum absolute atomic E-state index is 11.8. The van der Waals surface area contributed by atoms with Gasteiger partial charge >= 0.3 is 5.97 Å². The number of esters is 1. The number of nitrogens with zero attached hydrogens (tertiary/aromatic N) is 3. The summed E-state index contributed by atoms with van der Waals surface area (Å²) < 4.78 is 4.88. The highest BCUT2D eigenvalue weighted by Gasteiger charge is 2.31. The summed E-state index contributed by atoms with van der Waals surface area (Å²) in [7, 11) is 1.43. The summed E-state index contributed by atoms with van der Waals surface area (Å²) in [4.78, 5) is 22.7. The molecule has 98 valence electrons. The Morgan fingerprint density at radius 3 is 2.94 bits per heavy atom.